The molecule has 1 amide bonds. The molecular weight excluding hydrogens is 454 g/mol. The molecule has 1 aliphatic carbocycles. The minimum atomic E-state index is -0.165. The van der Waals surface area contributed by atoms with Crippen molar-refractivity contribution >= 4 is 22.4 Å². The fourth-order valence-electron chi connectivity index (χ4n) is 6.97. The lowest BCUT2D eigenvalue weighted by molar-refractivity contribution is 0.0539. The van der Waals surface area contributed by atoms with E-state index in [1.165, 1.54) is 49.7 Å². The molecule has 184 valence electrons. The van der Waals surface area contributed by atoms with Gasteiger partial charge < -0.3 is 4.74 Å². The summed E-state index contributed by atoms with van der Waals surface area (Å²) in [4.78, 5) is 15.6. The number of carbonyl (C=O) groups excluding carboxylic acids is 1. The van der Waals surface area contributed by atoms with Crippen molar-refractivity contribution in [3.05, 3.63) is 113 Å². The second-order valence-corrected chi connectivity index (χ2v) is 10.7. The van der Waals surface area contributed by atoms with Crippen LogP contribution in [0.25, 0.3) is 27.5 Å². The number of rotatable bonds is 3. The molecule has 3 nitrogen and oxygen atoms in total. The number of piperidine rings is 1. The smallest absolute Gasteiger partial charge is 0.410 e. The molecule has 4 aromatic carbocycles. The summed E-state index contributed by atoms with van der Waals surface area (Å²) in [5.74, 6) is 0.0883. The van der Waals surface area contributed by atoms with Gasteiger partial charge in [-0.1, -0.05) is 91.0 Å². The highest BCUT2D eigenvalue weighted by Gasteiger charge is 2.39. The Kier molecular flexibility index (Phi) is 5.39. The van der Waals surface area contributed by atoms with Crippen molar-refractivity contribution in [2.75, 3.05) is 6.61 Å². The summed E-state index contributed by atoms with van der Waals surface area (Å²) in [5.41, 5.74) is 9.05. The van der Waals surface area contributed by atoms with E-state index in [1.807, 2.05) is 4.90 Å². The number of fused-ring (bicyclic) bond motifs is 6. The zero-order chi connectivity index (χ0) is 24.9. The zero-order valence-electron chi connectivity index (χ0n) is 21.2. The average molecular weight is 486 g/mol. The molecular formula is C34H31NO2. The van der Waals surface area contributed by atoms with E-state index in [-0.39, 0.29) is 24.1 Å². The number of aryl methyl sites for hydroxylation is 1. The van der Waals surface area contributed by atoms with Gasteiger partial charge in [0.05, 0.1) is 6.04 Å². The molecule has 2 atom stereocenters. The molecule has 0 aromatic heterocycles. The van der Waals surface area contributed by atoms with Gasteiger partial charge >= 0.3 is 6.09 Å². The molecule has 3 heteroatoms. The van der Waals surface area contributed by atoms with E-state index in [2.05, 4.69) is 97.9 Å². The van der Waals surface area contributed by atoms with Gasteiger partial charge in [0.15, 0.2) is 0 Å². The highest BCUT2D eigenvalue weighted by Crippen LogP contribution is 2.45. The quantitative estimate of drug-likeness (QED) is 0.293. The van der Waals surface area contributed by atoms with E-state index < -0.39 is 0 Å². The van der Waals surface area contributed by atoms with Crippen molar-refractivity contribution < 1.29 is 9.53 Å². The van der Waals surface area contributed by atoms with Crippen molar-refractivity contribution in [3.8, 4) is 11.1 Å². The van der Waals surface area contributed by atoms with E-state index >= 15 is 0 Å². The predicted octanol–water partition coefficient (Wildman–Crippen LogP) is 8.11. The summed E-state index contributed by atoms with van der Waals surface area (Å²) >= 11 is 0. The molecule has 1 fully saturated rings. The summed E-state index contributed by atoms with van der Waals surface area (Å²) in [6.45, 7) is 2.58. The van der Waals surface area contributed by atoms with Gasteiger partial charge in [0, 0.05) is 12.0 Å². The monoisotopic (exact) mass is 485 g/mol. The highest BCUT2D eigenvalue weighted by atomic mass is 16.6. The second kappa shape index (κ2) is 8.92. The van der Waals surface area contributed by atoms with Crippen LogP contribution in [0, 0.1) is 6.92 Å². The van der Waals surface area contributed by atoms with Gasteiger partial charge in [-0.25, -0.2) is 4.79 Å². The van der Waals surface area contributed by atoms with Crippen molar-refractivity contribution in [2.45, 2.75) is 50.6 Å². The maximum Gasteiger partial charge on any atom is 0.410 e. The number of amides is 1. The minimum absolute atomic E-state index is 0.0883. The molecule has 2 bridgehead atoms. The second-order valence-electron chi connectivity index (χ2n) is 10.7. The first-order chi connectivity index (χ1) is 18.2. The van der Waals surface area contributed by atoms with Crippen molar-refractivity contribution in [1.82, 2.24) is 4.90 Å². The Morgan fingerprint density at radius 2 is 1.57 bits per heavy atom. The van der Waals surface area contributed by atoms with Gasteiger partial charge in [0.2, 0.25) is 0 Å². The number of ether oxygens (including phenoxy) is 1. The van der Waals surface area contributed by atoms with Crippen LogP contribution in [-0.4, -0.2) is 29.7 Å². The molecule has 7 rings (SSSR count). The summed E-state index contributed by atoms with van der Waals surface area (Å²) in [6, 6.07) is 30.4. The van der Waals surface area contributed by atoms with Crippen molar-refractivity contribution in [1.29, 1.82) is 0 Å². The fraction of sp³-hybridized carbons (Fsp3) is 0.265. The van der Waals surface area contributed by atoms with Crippen LogP contribution in [0.4, 0.5) is 4.79 Å². The Morgan fingerprint density at radius 3 is 2.32 bits per heavy atom. The highest BCUT2D eigenvalue weighted by molar-refractivity contribution is 5.96. The number of hydrogen-bond donors (Lipinski definition) is 0. The first-order valence-electron chi connectivity index (χ1n) is 13.5. The van der Waals surface area contributed by atoms with E-state index in [1.54, 1.807) is 0 Å². The molecule has 3 aliphatic rings. The molecule has 2 heterocycles. The van der Waals surface area contributed by atoms with Gasteiger partial charge in [0.1, 0.15) is 6.61 Å². The van der Waals surface area contributed by atoms with Crippen molar-refractivity contribution in [3.63, 3.8) is 0 Å². The lowest BCUT2D eigenvalue weighted by Gasteiger charge is -2.44. The predicted molar refractivity (Wildman–Crippen MR) is 150 cm³/mol. The molecule has 0 radical (unpaired) electrons. The molecule has 2 aliphatic heterocycles. The molecule has 4 aromatic rings. The summed E-state index contributed by atoms with van der Waals surface area (Å²) in [5, 5.41) is 2.58. The molecule has 37 heavy (non-hydrogen) atoms. The van der Waals surface area contributed by atoms with Crippen LogP contribution < -0.4 is 0 Å². The molecule has 1 saturated heterocycles. The maximum absolute atomic E-state index is 13.6. The minimum Gasteiger partial charge on any atom is -0.448 e. The van der Waals surface area contributed by atoms with Crippen LogP contribution in [-0.2, 0) is 4.74 Å². The average Bonchev–Trinajstić information content (AvgIpc) is 3.24. The third kappa shape index (κ3) is 3.68. The number of carbonyl (C=O) groups is 1. The van der Waals surface area contributed by atoms with Gasteiger partial charge in [0.25, 0.3) is 0 Å². The topological polar surface area (TPSA) is 29.5 Å². The van der Waals surface area contributed by atoms with Crippen LogP contribution >= 0.6 is 0 Å². The van der Waals surface area contributed by atoms with Crippen LogP contribution in [0.1, 0.15) is 53.9 Å². The first-order valence-corrected chi connectivity index (χ1v) is 13.5. The van der Waals surface area contributed by atoms with E-state index in [0.29, 0.717) is 6.61 Å². The van der Waals surface area contributed by atoms with E-state index in [0.717, 1.165) is 25.7 Å². The Labute approximate surface area is 218 Å². The normalized spacial score (nSPS) is 20.4. The van der Waals surface area contributed by atoms with Gasteiger partial charge in [-0.3, -0.25) is 4.90 Å². The summed E-state index contributed by atoms with van der Waals surface area (Å²) in [7, 11) is 0. The third-order valence-electron chi connectivity index (χ3n) is 8.64. The Bertz CT molecular complexity index is 1510. The van der Waals surface area contributed by atoms with E-state index in [9.17, 15) is 4.79 Å². The number of benzene rings is 4. The van der Waals surface area contributed by atoms with Gasteiger partial charge in [-0.15, -0.1) is 0 Å². The standard InChI is InChI=1S/C34H31NO2/c1-22-17-18-23-9-2-3-12-27(23)33(22)24-19-25-10-8-11-26(20-24)35(25)34(36)37-21-32-30-15-6-4-13-28(30)29-14-5-7-16-31(29)32/h2-7,9,12-19,25-26,32H,8,10-11,20-21H2,1H3. The lowest BCUT2D eigenvalue weighted by atomic mass is 9.81. The lowest BCUT2D eigenvalue weighted by Crippen LogP contribution is -2.52. The van der Waals surface area contributed by atoms with Crippen LogP contribution in [0.5, 0.6) is 0 Å². The maximum atomic E-state index is 13.6. The largest absolute Gasteiger partial charge is 0.448 e. The first kappa shape index (κ1) is 22.4. The van der Waals surface area contributed by atoms with E-state index in [4.69, 9.17) is 4.74 Å². The molecule has 0 N–H and O–H groups in total. The van der Waals surface area contributed by atoms with Crippen LogP contribution in [0.2, 0.25) is 0 Å². The summed E-state index contributed by atoms with van der Waals surface area (Å²) < 4.78 is 6.11. The van der Waals surface area contributed by atoms with Crippen LogP contribution in [0.15, 0.2) is 91.0 Å². The molecule has 2 unspecified atom stereocenters. The Morgan fingerprint density at radius 1 is 0.865 bits per heavy atom. The fourth-order valence-corrected chi connectivity index (χ4v) is 6.97. The number of nitrogens with zero attached hydrogens (tertiary/aromatic N) is 1. The third-order valence-corrected chi connectivity index (χ3v) is 8.64. The molecule has 0 saturated carbocycles. The number of hydrogen-bond acceptors (Lipinski definition) is 2. The van der Waals surface area contributed by atoms with Crippen molar-refractivity contribution in [2.24, 2.45) is 0 Å². The Balaban J connectivity index is 1.16. The van der Waals surface area contributed by atoms with Gasteiger partial charge in [-0.05, 0) is 82.3 Å². The Hall–Kier alpha value is -3.85. The summed E-state index contributed by atoms with van der Waals surface area (Å²) in [6.07, 6.45) is 6.25. The molecule has 0 spiro atoms. The SMILES string of the molecule is Cc1ccc2ccccc2c1C1=CC2CCCC(C1)N2C(=O)OCC1c2ccccc2-c2ccccc21. The van der Waals surface area contributed by atoms with Crippen LogP contribution in [0.3, 0.4) is 0 Å². The van der Waals surface area contributed by atoms with Gasteiger partial charge in [-0.2, -0.15) is 0 Å². The zero-order valence-corrected chi connectivity index (χ0v) is 21.2.